The van der Waals surface area contributed by atoms with Crippen LogP contribution in [0.3, 0.4) is 0 Å². The molecule has 3 aromatic rings. The number of halogens is 2. The first kappa shape index (κ1) is 27.0. The molecule has 3 rings (SSSR count). The summed E-state index contributed by atoms with van der Waals surface area (Å²) in [7, 11) is 0. The van der Waals surface area contributed by atoms with Crippen molar-refractivity contribution in [2.75, 3.05) is 19.8 Å². The predicted molar refractivity (Wildman–Crippen MR) is 140 cm³/mol. The monoisotopic (exact) mass is 558 g/mol. The third kappa shape index (κ3) is 7.45. The van der Waals surface area contributed by atoms with Gasteiger partial charge in [-0.05, 0) is 90.3 Å². The summed E-state index contributed by atoms with van der Waals surface area (Å²) in [6.07, 6.45) is 1.50. The number of nitrogens with one attached hydrogen (secondary N) is 1. The second kappa shape index (κ2) is 13.5. The Kier molecular flexibility index (Phi) is 10.1. The molecule has 0 radical (unpaired) electrons. The first-order valence-corrected chi connectivity index (χ1v) is 12.3. The molecule has 3 aromatic carbocycles. The van der Waals surface area contributed by atoms with Crippen LogP contribution in [0.1, 0.15) is 42.3 Å². The van der Waals surface area contributed by atoms with Crippen LogP contribution in [0.5, 0.6) is 23.0 Å². The molecular weight excluding hydrogens is 531 g/mol. The normalized spacial score (nSPS) is 10.8. The zero-order chi connectivity index (χ0) is 25.9. The van der Waals surface area contributed by atoms with E-state index in [1.807, 2.05) is 20.8 Å². The Morgan fingerprint density at radius 2 is 1.64 bits per heavy atom. The van der Waals surface area contributed by atoms with Gasteiger partial charge < -0.3 is 18.9 Å². The molecule has 0 aromatic heterocycles. The molecule has 0 fully saturated rings. The Morgan fingerprint density at radius 3 is 2.36 bits per heavy atom. The molecule has 7 nitrogen and oxygen atoms in total. The minimum atomic E-state index is -0.394. The van der Waals surface area contributed by atoms with E-state index in [9.17, 15) is 9.18 Å². The fourth-order valence-corrected chi connectivity index (χ4v) is 3.84. The lowest BCUT2D eigenvalue weighted by molar-refractivity contribution is 0.0954. The smallest absolute Gasteiger partial charge is 0.271 e. The van der Waals surface area contributed by atoms with Gasteiger partial charge in [-0.3, -0.25) is 4.79 Å². The first-order chi connectivity index (χ1) is 17.4. The Morgan fingerprint density at radius 1 is 0.917 bits per heavy atom. The number of carbonyl (C=O) groups excluding carboxylic acids is 1. The molecule has 36 heavy (non-hydrogen) atoms. The van der Waals surface area contributed by atoms with E-state index in [4.69, 9.17) is 18.9 Å². The standard InChI is InChI=1S/C27H28BrFN2O5/c1-4-33-23-11-10-20(15-24(23)34-5-2)27(32)31-30-16-19-13-22(28)26(25(14-19)35-6-3)36-17-18-8-7-9-21(29)12-18/h7-16H,4-6,17H2,1-3H3,(H,31,32)/b30-16+. The van der Waals surface area contributed by atoms with Gasteiger partial charge in [0.25, 0.3) is 5.91 Å². The minimum absolute atomic E-state index is 0.172. The number of benzene rings is 3. The number of hydrogen-bond donors (Lipinski definition) is 1. The fourth-order valence-electron chi connectivity index (χ4n) is 3.27. The largest absolute Gasteiger partial charge is 0.490 e. The van der Waals surface area contributed by atoms with Crippen molar-refractivity contribution in [2.45, 2.75) is 27.4 Å². The van der Waals surface area contributed by atoms with Crippen LogP contribution in [-0.2, 0) is 6.61 Å². The number of hydrogen-bond acceptors (Lipinski definition) is 6. The topological polar surface area (TPSA) is 78.4 Å². The molecule has 0 saturated carbocycles. The summed E-state index contributed by atoms with van der Waals surface area (Å²) >= 11 is 3.50. The number of hydrazone groups is 1. The number of amides is 1. The van der Waals surface area contributed by atoms with E-state index in [-0.39, 0.29) is 12.4 Å². The summed E-state index contributed by atoms with van der Waals surface area (Å²) in [6.45, 7) is 7.12. The Hall–Kier alpha value is -3.59. The molecule has 1 amide bonds. The van der Waals surface area contributed by atoms with Gasteiger partial charge in [-0.2, -0.15) is 5.10 Å². The molecular formula is C27H28BrFN2O5. The Bertz CT molecular complexity index is 1220. The Labute approximate surface area is 218 Å². The molecule has 0 aliphatic carbocycles. The van der Waals surface area contributed by atoms with E-state index >= 15 is 0 Å². The predicted octanol–water partition coefficient (Wildman–Crippen LogP) is 6.13. The van der Waals surface area contributed by atoms with Crippen molar-refractivity contribution >= 4 is 28.1 Å². The maximum atomic E-state index is 13.5. The minimum Gasteiger partial charge on any atom is -0.490 e. The lowest BCUT2D eigenvalue weighted by Gasteiger charge is -2.15. The number of rotatable bonds is 12. The molecule has 9 heteroatoms. The van der Waals surface area contributed by atoms with Crippen molar-refractivity contribution in [3.05, 3.63) is 81.6 Å². The van der Waals surface area contributed by atoms with Crippen LogP contribution in [0.15, 0.2) is 64.2 Å². The average Bonchev–Trinajstić information content (AvgIpc) is 2.85. The fraction of sp³-hybridized carbons (Fsp3) is 0.259. The molecule has 0 aliphatic heterocycles. The van der Waals surface area contributed by atoms with Crippen LogP contribution in [0.4, 0.5) is 4.39 Å². The molecule has 0 unspecified atom stereocenters. The Balaban J connectivity index is 1.71. The van der Waals surface area contributed by atoms with Crippen LogP contribution >= 0.6 is 15.9 Å². The molecule has 0 saturated heterocycles. The van der Waals surface area contributed by atoms with E-state index in [0.29, 0.717) is 64.0 Å². The molecule has 1 N–H and O–H groups in total. The number of carbonyl (C=O) groups is 1. The van der Waals surface area contributed by atoms with Gasteiger partial charge in [-0.25, -0.2) is 9.82 Å². The first-order valence-electron chi connectivity index (χ1n) is 11.5. The maximum absolute atomic E-state index is 13.5. The van der Waals surface area contributed by atoms with Crippen LogP contribution in [0.25, 0.3) is 0 Å². The number of ether oxygens (including phenoxy) is 4. The van der Waals surface area contributed by atoms with Crippen molar-refractivity contribution in [2.24, 2.45) is 5.10 Å². The summed E-state index contributed by atoms with van der Waals surface area (Å²) in [4.78, 5) is 12.6. The van der Waals surface area contributed by atoms with Gasteiger partial charge in [-0.15, -0.1) is 0 Å². The summed E-state index contributed by atoms with van der Waals surface area (Å²) in [6, 6.07) is 14.7. The third-order valence-corrected chi connectivity index (χ3v) is 5.38. The van der Waals surface area contributed by atoms with Gasteiger partial charge in [0.05, 0.1) is 30.5 Å². The van der Waals surface area contributed by atoms with E-state index in [2.05, 4.69) is 26.5 Å². The lowest BCUT2D eigenvalue weighted by atomic mass is 10.2. The number of nitrogens with zero attached hydrogens (tertiary/aromatic N) is 1. The van der Waals surface area contributed by atoms with Gasteiger partial charge >= 0.3 is 0 Å². The van der Waals surface area contributed by atoms with Gasteiger partial charge in [0.15, 0.2) is 23.0 Å². The van der Waals surface area contributed by atoms with E-state index in [0.717, 1.165) is 0 Å². The maximum Gasteiger partial charge on any atom is 0.271 e. The van der Waals surface area contributed by atoms with E-state index < -0.39 is 5.91 Å². The quantitative estimate of drug-likeness (QED) is 0.214. The highest BCUT2D eigenvalue weighted by Gasteiger charge is 2.14. The van der Waals surface area contributed by atoms with Crippen molar-refractivity contribution < 1.29 is 28.1 Å². The van der Waals surface area contributed by atoms with Gasteiger partial charge in [0.2, 0.25) is 0 Å². The van der Waals surface area contributed by atoms with Gasteiger partial charge in [0, 0.05) is 5.56 Å². The van der Waals surface area contributed by atoms with Crippen LogP contribution in [-0.4, -0.2) is 31.9 Å². The van der Waals surface area contributed by atoms with Crippen LogP contribution in [0, 0.1) is 5.82 Å². The average molecular weight is 559 g/mol. The van der Waals surface area contributed by atoms with Crippen molar-refractivity contribution in [1.29, 1.82) is 0 Å². The van der Waals surface area contributed by atoms with Gasteiger partial charge in [-0.1, -0.05) is 12.1 Å². The van der Waals surface area contributed by atoms with Crippen molar-refractivity contribution in [1.82, 2.24) is 5.43 Å². The lowest BCUT2D eigenvalue weighted by Crippen LogP contribution is -2.17. The molecule has 0 spiro atoms. The highest BCUT2D eigenvalue weighted by Crippen LogP contribution is 2.37. The second-order valence-electron chi connectivity index (χ2n) is 7.41. The van der Waals surface area contributed by atoms with E-state index in [1.54, 1.807) is 42.5 Å². The summed E-state index contributed by atoms with van der Waals surface area (Å²) < 4.78 is 36.8. The van der Waals surface area contributed by atoms with Crippen LogP contribution < -0.4 is 24.4 Å². The molecule has 0 bridgehead atoms. The van der Waals surface area contributed by atoms with Crippen LogP contribution in [0.2, 0.25) is 0 Å². The highest BCUT2D eigenvalue weighted by atomic mass is 79.9. The summed E-state index contributed by atoms with van der Waals surface area (Å²) in [5.41, 5.74) is 4.27. The summed E-state index contributed by atoms with van der Waals surface area (Å²) in [5, 5.41) is 4.07. The summed E-state index contributed by atoms with van der Waals surface area (Å²) in [5.74, 6) is 1.33. The van der Waals surface area contributed by atoms with Gasteiger partial charge in [0.1, 0.15) is 12.4 Å². The zero-order valence-corrected chi connectivity index (χ0v) is 21.9. The van der Waals surface area contributed by atoms with Crippen molar-refractivity contribution in [3.8, 4) is 23.0 Å². The molecule has 0 aliphatic rings. The molecule has 0 heterocycles. The molecule has 0 atom stereocenters. The second-order valence-corrected chi connectivity index (χ2v) is 8.26. The zero-order valence-electron chi connectivity index (χ0n) is 20.3. The van der Waals surface area contributed by atoms with E-state index in [1.165, 1.54) is 18.3 Å². The SMILES string of the molecule is CCOc1ccc(C(=O)N/N=C/c2cc(Br)c(OCc3cccc(F)c3)c(OCC)c2)cc1OCC. The van der Waals surface area contributed by atoms with Crippen molar-refractivity contribution in [3.63, 3.8) is 0 Å². The molecule has 190 valence electrons. The third-order valence-electron chi connectivity index (χ3n) is 4.79. The highest BCUT2D eigenvalue weighted by molar-refractivity contribution is 9.10.